The first kappa shape index (κ1) is 26.5. The number of methoxy groups -OCH3 is 2. The summed E-state index contributed by atoms with van der Waals surface area (Å²) in [6.45, 7) is 9.53. The molecule has 1 aromatic carbocycles. The van der Waals surface area contributed by atoms with Gasteiger partial charge in [-0.05, 0) is 52.4 Å². The van der Waals surface area contributed by atoms with Gasteiger partial charge in [0.05, 0.1) is 7.11 Å². The number of alkyl carbamates (subject to hydrolysis) is 1. The topological polar surface area (TPSA) is 95.6 Å². The molecule has 1 amide bonds. The van der Waals surface area contributed by atoms with Crippen molar-refractivity contribution in [2.45, 2.75) is 82.8 Å². The largest absolute Gasteiger partial charge is 0.493 e. The molecule has 200 valence electrons. The molecule has 1 spiro atoms. The quantitative estimate of drug-likeness (QED) is 0.565. The molecule has 1 N–H and O–H groups in total. The Morgan fingerprint density at radius 2 is 2.03 bits per heavy atom. The highest BCUT2D eigenvalue weighted by Gasteiger charge is 2.62. The van der Waals surface area contributed by atoms with E-state index in [1.54, 1.807) is 35.0 Å². The van der Waals surface area contributed by atoms with Crippen LogP contribution in [0.1, 0.15) is 58.1 Å². The molecule has 3 aliphatic rings. The normalized spacial score (nSPS) is 27.8. The molecule has 1 unspecified atom stereocenters. The minimum absolute atomic E-state index is 0.0228. The van der Waals surface area contributed by atoms with Crippen LogP contribution < -0.4 is 14.8 Å². The number of nitrogens with zero attached hydrogens (tertiary/aromatic N) is 1. The molecule has 0 aromatic heterocycles. The van der Waals surface area contributed by atoms with Crippen LogP contribution in [-0.4, -0.2) is 75.2 Å². The summed E-state index contributed by atoms with van der Waals surface area (Å²) in [7, 11) is 5.35. The predicted molar refractivity (Wildman–Crippen MR) is 133 cm³/mol. The molecule has 2 heterocycles. The number of hydrogen-bond acceptors (Lipinski definition) is 8. The van der Waals surface area contributed by atoms with Crippen molar-refractivity contribution < 1.29 is 33.3 Å². The lowest BCUT2D eigenvalue weighted by Gasteiger charge is -2.34. The molecule has 0 saturated heterocycles. The summed E-state index contributed by atoms with van der Waals surface area (Å²) in [5.41, 5.74) is 1.49. The molecule has 9 nitrogen and oxygen atoms in total. The molecule has 1 fully saturated rings. The van der Waals surface area contributed by atoms with Crippen molar-refractivity contribution in [2.75, 3.05) is 34.4 Å². The second-order valence-corrected chi connectivity index (χ2v) is 11.2. The van der Waals surface area contributed by atoms with Crippen LogP contribution in [0.15, 0.2) is 12.1 Å². The number of benzene rings is 1. The molecule has 1 aromatic rings. The number of hydrogen-bond donors (Lipinski definition) is 1. The van der Waals surface area contributed by atoms with E-state index in [4.69, 9.17) is 23.7 Å². The van der Waals surface area contributed by atoms with Gasteiger partial charge in [0.2, 0.25) is 0 Å². The highest BCUT2D eigenvalue weighted by atomic mass is 16.6. The van der Waals surface area contributed by atoms with Gasteiger partial charge in [0.25, 0.3) is 0 Å². The van der Waals surface area contributed by atoms with E-state index in [2.05, 4.69) is 30.3 Å². The molecule has 0 radical (unpaired) electrons. The summed E-state index contributed by atoms with van der Waals surface area (Å²) < 4.78 is 28.8. The van der Waals surface area contributed by atoms with E-state index in [1.807, 2.05) is 6.07 Å². The summed E-state index contributed by atoms with van der Waals surface area (Å²) >= 11 is 0. The van der Waals surface area contributed by atoms with E-state index in [0.717, 1.165) is 31.0 Å². The Morgan fingerprint density at radius 3 is 2.69 bits per heavy atom. The van der Waals surface area contributed by atoms with Crippen LogP contribution in [0, 0.1) is 5.92 Å². The van der Waals surface area contributed by atoms with Gasteiger partial charge in [0, 0.05) is 50.0 Å². The number of carbonyl (C=O) groups excluding carboxylic acids is 2. The van der Waals surface area contributed by atoms with E-state index in [9.17, 15) is 9.59 Å². The number of carbonyl (C=O) groups is 2. The van der Waals surface area contributed by atoms with Gasteiger partial charge in [-0.1, -0.05) is 13.0 Å². The molecular weight excluding hydrogens is 464 g/mol. The highest BCUT2D eigenvalue weighted by molar-refractivity contribution is 5.81. The predicted octanol–water partition coefficient (Wildman–Crippen LogP) is 3.41. The summed E-state index contributed by atoms with van der Waals surface area (Å²) in [4.78, 5) is 28.0. The Bertz CT molecular complexity index is 991. The SMILES string of the molecule is COCC[C@@H](NC(=O)OC(C)(C)C)C(=O)O[C@H]1C[C@@H]2Oc3c(OC)ccc4c3[C@]2(CCN(C)C4)C1C. The maximum absolute atomic E-state index is 13.3. The monoisotopic (exact) mass is 504 g/mol. The van der Waals surface area contributed by atoms with Crippen molar-refractivity contribution in [2.24, 2.45) is 5.92 Å². The average molecular weight is 505 g/mol. The van der Waals surface area contributed by atoms with Crippen LogP contribution >= 0.6 is 0 Å². The van der Waals surface area contributed by atoms with Gasteiger partial charge in [-0.2, -0.15) is 0 Å². The second-order valence-electron chi connectivity index (χ2n) is 11.2. The van der Waals surface area contributed by atoms with Crippen LogP contribution in [0.25, 0.3) is 0 Å². The van der Waals surface area contributed by atoms with Crippen molar-refractivity contribution >= 4 is 12.1 Å². The maximum atomic E-state index is 13.3. The van der Waals surface area contributed by atoms with E-state index in [1.165, 1.54) is 11.1 Å². The van der Waals surface area contributed by atoms with E-state index in [-0.39, 0.29) is 30.0 Å². The molecular formula is C27H40N2O7. The van der Waals surface area contributed by atoms with Gasteiger partial charge >= 0.3 is 12.1 Å². The van der Waals surface area contributed by atoms with Crippen molar-refractivity contribution in [3.8, 4) is 11.5 Å². The van der Waals surface area contributed by atoms with Gasteiger partial charge in [-0.15, -0.1) is 0 Å². The first-order chi connectivity index (χ1) is 17.0. The fourth-order valence-electron chi connectivity index (χ4n) is 6.03. The Balaban J connectivity index is 1.56. The van der Waals surface area contributed by atoms with Gasteiger partial charge in [0.15, 0.2) is 11.5 Å². The van der Waals surface area contributed by atoms with E-state index in [0.29, 0.717) is 13.0 Å². The third-order valence-corrected chi connectivity index (χ3v) is 7.75. The summed E-state index contributed by atoms with van der Waals surface area (Å²) in [5, 5.41) is 2.67. The third kappa shape index (κ3) is 4.87. The Kier molecular flexibility index (Phi) is 7.44. The molecule has 4 rings (SSSR count). The fourth-order valence-corrected chi connectivity index (χ4v) is 6.03. The van der Waals surface area contributed by atoms with Gasteiger partial charge in [-0.25, -0.2) is 9.59 Å². The molecule has 2 aliphatic heterocycles. The number of rotatable bonds is 7. The Hall–Kier alpha value is -2.52. The minimum atomic E-state index is -0.867. The number of nitrogens with one attached hydrogen (secondary N) is 1. The van der Waals surface area contributed by atoms with Crippen molar-refractivity contribution in [3.63, 3.8) is 0 Å². The van der Waals surface area contributed by atoms with Crippen molar-refractivity contribution in [1.29, 1.82) is 0 Å². The van der Waals surface area contributed by atoms with Crippen LogP contribution in [0.4, 0.5) is 4.79 Å². The fraction of sp³-hybridized carbons (Fsp3) is 0.704. The third-order valence-electron chi connectivity index (χ3n) is 7.75. The lowest BCUT2D eigenvalue weighted by molar-refractivity contribution is -0.154. The van der Waals surface area contributed by atoms with Crippen LogP contribution in [0.2, 0.25) is 0 Å². The zero-order valence-electron chi connectivity index (χ0n) is 22.5. The maximum Gasteiger partial charge on any atom is 0.408 e. The Morgan fingerprint density at radius 1 is 1.28 bits per heavy atom. The number of ether oxygens (including phenoxy) is 5. The molecule has 1 saturated carbocycles. The van der Waals surface area contributed by atoms with Crippen LogP contribution in [0.5, 0.6) is 11.5 Å². The minimum Gasteiger partial charge on any atom is -0.493 e. The smallest absolute Gasteiger partial charge is 0.408 e. The van der Waals surface area contributed by atoms with Gasteiger partial charge in [0.1, 0.15) is 23.9 Å². The van der Waals surface area contributed by atoms with Gasteiger partial charge < -0.3 is 33.9 Å². The van der Waals surface area contributed by atoms with E-state index >= 15 is 0 Å². The lowest BCUT2D eigenvalue weighted by atomic mass is 9.69. The lowest BCUT2D eigenvalue weighted by Crippen LogP contribution is -2.46. The van der Waals surface area contributed by atoms with E-state index < -0.39 is 23.7 Å². The molecule has 5 atom stereocenters. The standard InChI is InChI=1S/C27H40N2O7/c1-16-20(34-24(30)18(10-13-32-6)28-25(31)36-26(2,3)4)14-21-27(16)11-12-29(5)15-17-8-9-19(33-7)23(35-21)22(17)27/h8-9,16,18,20-21H,10-15H2,1-7H3,(H,28,31)/t16?,18-,20+,21+,27-/m1/s1. The zero-order chi connectivity index (χ0) is 26.3. The molecule has 1 aliphatic carbocycles. The number of amides is 1. The Labute approximate surface area is 213 Å². The first-order valence-corrected chi connectivity index (χ1v) is 12.7. The van der Waals surface area contributed by atoms with Crippen molar-refractivity contribution in [1.82, 2.24) is 10.2 Å². The number of esters is 1. The first-order valence-electron chi connectivity index (χ1n) is 12.7. The highest BCUT2D eigenvalue weighted by Crippen LogP contribution is 2.61. The zero-order valence-corrected chi connectivity index (χ0v) is 22.5. The summed E-state index contributed by atoms with van der Waals surface area (Å²) in [5.74, 6) is 1.11. The van der Waals surface area contributed by atoms with Crippen molar-refractivity contribution in [3.05, 3.63) is 23.3 Å². The second kappa shape index (κ2) is 10.1. The average Bonchev–Trinajstić information content (AvgIpc) is 3.19. The summed E-state index contributed by atoms with van der Waals surface area (Å²) in [6, 6.07) is 3.24. The van der Waals surface area contributed by atoms with Gasteiger partial charge in [-0.3, -0.25) is 0 Å². The summed E-state index contributed by atoms with van der Waals surface area (Å²) in [6.07, 6.45) is 0.658. The molecule has 0 bridgehead atoms. The molecule has 9 heteroatoms. The van der Waals surface area contributed by atoms with Crippen LogP contribution in [-0.2, 0) is 31.0 Å². The van der Waals surface area contributed by atoms with Crippen LogP contribution in [0.3, 0.4) is 0 Å². The molecule has 36 heavy (non-hydrogen) atoms.